The summed E-state index contributed by atoms with van der Waals surface area (Å²) in [6.45, 7) is 1.42. The molecule has 5 heteroatoms. The first-order valence-electron chi connectivity index (χ1n) is 5.87. The standard InChI is InChI=1S/C13H15Cl2NO2/c14-10-3-1-2-9(11(10)15)12(17)13(8-16)4-6-18-7-5-13/h1-3H,4-8,16H2. The molecule has 1 aromatic carbocycles. The Bertz CT molecular complexity index is 456. The summed E-state index contributed by atoms with van der Waals surface area (Å²) in [6.07, 6.45) is 1.26. The van der Waals surface area contributed by atoms with Crippen molar-refractivity contribution < 1.29 is 9.53 Å². The number of rotatable bonds is 3. The van der Waals surface area contributed by atoms with E-state index in [1.54, 1.807) is 18.2 Å². The van der Waals surface area contributed by atoms with Crippen molar-refractivity contribution in [1.82, 2.24) is 0 Å². The fraction of sp³-hybridized carbons (Fsp3) is 0.462. The van der Waals surface area contributed by atoms with Gasteiger partial charge in [-0.15, -0.1) is 0 Å². The summed E-state index contributed by atoms with van der Waals surface area (Å²) in [7, 11) is 0. The van der Waals surface area contributed by atoms with Crippen LogP contribution in [0.3, 0.4) is 0 Å². The number of nitrogens with two attached hydrogens (primary N) is 1. The number of ketones is 1. The summed E-state index contributed by atoms with van der Waals surface area (Å²) in [4.78, 5) is 12.6. The molecule has 0 radical (unpaired) electrons. The fourth-order valence-electron chi connectivity index (χ4n) is 2.25. The zero-order valence-corrected chi connectivity index (χ0v) is 11.4. The van der Waals surface area contributed by atoms with Crippen molar-refractivity contribution in [2.75, 3.05) is 19.8 Å². The average molecular weight is 288 g/mol. The van der Waals surface area contributed by atoms with E-state index < -0.39 is 5.41 Å². The van der Waals surface area contributed by atoms with Crippen molar-refractivity contribution in [2.45, 2.75) is 12.8 Å². The van der Waals surface area contributed by atoms with Crippen LogP contribution in [0.25, 0.3) is 0 Å². The van der Waals surface area contributed by atoms with Crippen LogP contribution in [-0.2, 0) is 4.74 Å². The number of hydrogen-bond acceptors (Lipinski definition) is 3. The van der Waals surface area contributed by atoms with E-state index in [1.807, 2.05) is 0 Å². The highest BCUT2D eigenvalue weighted by molar-refractivity contribution is 6.44. The van der Waals surface area contributed by atoms with Crippen molar-refractivity contribution in [2.24, 2.45) is 11.1 Å². The molecule has 1 saturated heterocycles. The molecule has 1 aliphatic rings. The van der Waals surface area contributed by atoms with E-state index in [1.165, 1.54) is 0 Å². The Labute approximate surface area is 116 Å². The average Bonchev–Trinajstić information content (AvgIpc) is 2.42. The highest BCUT2D eigenvalue weighted by Crippen LogP contribution is 2.36. The van der Waals surface area contributed by atoms with Gasteiger partial charge in [-0.2, -0.15) is 0 Å². The van der Waals surface area contributed by atoms with Crippen molar-refractivity contribution >= 4 is 29.0 Å². The third kappa shape index (κ3) is 2.41. The SMILES string of the molecule is NCC1(C(=O)c2cccc(Cl)c2Cl)CCOCC1. The van der Waals surface area contributed by atoms with Crippen LogP contribution in [-0.4, -0.2) is 25.5 Å². The normalized spacial score (nSPS) is 18.6. The predicted molar refractivity (Wildman–Crippen MR) is 72.3 cm³/mol. The number of benzene rings is 1. The second-order valence-corrected chi connectivity index (χ2v) is 5.31. The lowest BCUT2D eigenvalue weighted by atomic mass is 9.74. The number of carbonyl (C=O) groups excluding carboxylic acids is 1. The lowest BCUT2D eigenvalue weighted by molar-refractivity contribution is 0.0200. The Morgan fingerprint density at radius 2 is 2.00 bits per heavy atom. The lowest BCUT2D eigenvalue weighted by Gasteiger charge is -2.34. The molecule has 2 rings (SSSR count). The Balaban J connectivity index is 2.37. The highest BCUT2D eigenvalue weighted by atomic mass is 35.5. The van der Waals surface area contributed by atoms with Gasteiger partial charge in [-0.3, -0.25) is 4.79 Å². The van der Waals surface area contributed by atoms with Crippen LogP contribution in [0, 0.1) is 5.41 Å². The van der Waals surface area contributed by atoms with Crippen LogP contribution < -0.4 is 5.73 Å². The number of ether oxygens (including phenoxy) is 1. The molecular formula is C13H15Cl2NO2. The maximum atomic E-state index is 12.6. The molecule has 0 spiro atoms. The quantitative estimate of drug-likeness (QED) is 0.870. The fourth-order valence-corrected chi connectivity index (χ4v) is 2.64. The van der Waals surface area contributed by atoms with E-state index in [0.29, 0.717) is 48.2 Å². The highest BCUT2D eigenvalue weighted by Gasteiger charge is 2.40. The summed E-state index contributed by atoms with van der Waals surface area (Å²) in [6, 6.07) is 5.09. The molecular weight excluding hydrogens is 273 g/mol. The molecule has 0 atom stereocenters. The van der Waals surface area contributed by atoms with Crippen LogP contribution >= 0.6 is 23.2 Å². The van der Waals surface area contributed by atoms with Crippen LogP contribution in [0.4, 0.5) is 0 Å². The van der Waals surface area contributed by atoms with Gasteiger partial charge < -0.3 is 10.5 Å². The van der Waals surface area contributed by atoms with Gasteiger partial charge in [-0.25, -0.2) is 0 Å². The van der Waals surface area contributed by atoms with Crippen molar-refractivity contribution in [3.05, 3.63) is 33.8 Å². The first-order chi connectivity index (χ1) is 8.60. The van der Waals surface area contributed by atoms with Crippen LogP contribution in [0.5, 0.6) is 0 Å². The van der Waals surface area contributed by atoms with Crippen molar-refractivity contribution in [3.63, 3.8) is 0 Å². The van der Waals surface area contributed by atoms with Gasteiger partial charge in [0.05, 0.1) is 15.5 Å². The Hall–Kier alpha value is -0.610. The van der Waals surface area contributed by atoms with Crippen LogP contribution in [0.15, 0.2) is 18.2 Å². The molecule has 1 heterocycles. The molecule has 0 bridgehead atoms. The van der Waals surface area contributed by atoms with Crippen molar-refractivity contribution in [1.29, 1.82) is 0 Å². The molecule has 18 heavy (non-hydrogen) atoms. The molecule has 1 aliphatic heterocycles. The molecule has 0 unspecified atom stereocenters. The van der Waals surface area contributed by atoms with Gasteiger partial charge >= 0.3 is 0 Å². The van der Waals surface area contributed by atoms with Gasteiger partial charge in [-0.05, 0) is 25.0 Å². The number of Topliss-reactive ketones (excluding diaryl/α,β-unsaturated/α-hetero) is 1. The van der Waals surface area contributed by atoms with Gasteiger partial charge in [0.25, 0.3) is 0 Å². The molecule has 2 N–H and O–H groups in total. The third-order valence-corrected chi connectivity index (χ3v) is 4.34. The Morgan fingerprint density at radius 1 is 1.33 bits per heavy atom. The van der Waals surface area contributed by atoms with E-state index in [9.17, 15) is 4.79 Å². The zero-order valence-electron chi connectivity index (χ0n) is 9.92. The van der Waals surface area contributed by atoms with Gasteiger partial charge in [0, 0.05) is 25.3 Å². The van der Waals surface area contributed by atoms with Gasteiger partial charge in [0.15, 0.2) is 5.78 Å². The molecule has 98 valence electrons. The first-order valence-corrected chi connectivity index (χ1v) is 6.63. The summed E-state index contributed by atoms with van der Waals surface area (Å²) in [5, 5.41) is 0.699. The molecule has 1 aromatic rings. The van der Waals surface area contributed by atoms with Gasteiger partial charge in [0.1, 0.15) is 0 Å². The topological polar surface area (TPSA) is 52.3 Å². The number of carbonyl (C=O) groups is 1. The minimum atomic E-state index is -0.563. The first kappa shape index (κ1) is 13.8. The van der Waals surface area contributed by atoms with Crippen molar-refractivity contribution in [3.8, 4) is 0 Å². The Kier molecular flexibility index (Phi) is 4.28. The monoisotopic (exact) mass is 287 g/mol. The Morgan fingerprint density at radius 3 is 2.61 bits per heavy atom. The predicted octanol–water partition coefficient (Wildman–Crippen LogP) is 2.93. The molecule has 0 saturated carbocycles. The number of hydrogen-bond donors (Lipinski definition) is 1. The lowest BCUT2D eigenvalue weighted by Crippen LogP contribution is -2.43. The molecule has 3 nitrogen and oxygen atoms in total. The molecule has 0 aromatic heterocycles. The largest absolute Gasteiger partial charge is 0.381 e. The molecule has 0 amide bonds. The number of halogens is 2. The second-order valence-electron chi connectivity index (χ2n) is 4.53. The van der Waals surface area contributed by atoms with Crippen LogP contribution in [0.2, 0.25) is 10.0 Å². The van der Waals surface area contributed by atoms with E-state index in [0.717, 1.165) is 0 Å². The summed E-state index contributed by atoms with van der Waals surface area (Å²) in [5.41, 5.74) is 5.70. The summed E-state index contributed by atoms with van der Waals surface area (Å²) < 4.78 is 5.30. The van der Waals surface area contributed by atoms with E-state index >= 15 is 0 Å². The van der Waals surface area contributed by atoms with Gasteiger partial charge in [0.2, 0.25) is 0 Å². The third-order valence-electron chi connectivity index (χ3n) is 3.52. The minimum Gasteiger partial charge on any atom is -0.381 e. The zero-order chi connectivity index (χ0) is 13.2. The van der Waals surface area contributed by atoms with Crippen LogP contribution in [0.1, 0.15) is 23.2 Å². The maximum Gasteiger partial charge on any atom is 0.171 e. The molecule has 0 aliphatic carbocycles. The van der Waals surface area contributed by atoms with E-state index in [2.05, 4.69) is 0 Å². The summed E-state index contributed by atoms with van der Waals surface area (Å²) in [5.74, 6) is -0.0270. The maximum absolute atomic E-state index is 12.6. The van der Waals surface area contributed by atoms with E-state index in [4.69, 9.17) is 33.7 Å². The van der Waals surface area contributed by atoms with Gasteiger partial charge in [-0.1, -0.05) is 29.3 Å². The second kappa shape index (κ2) is 5.57. The minimum absolute atomic E-state index is 0.0270. The molecule has 1 fully saturated rings. The smallest absolute Gasteiger partial charge is 0.171 e. The summed E-state index contributed by atoms with van der Waals surface area (Å²) >= 11 is 12.0. The van der Waals surface area contributed by atoms with E-state index in [-0.39, 0.29) is 5.78 Å².